The first-order chi connectivity index (χ1) is 10.6. The molecule has 0 saturated carbocycles. The van der Waals surface area contributed by atoms with Crippen molar-refractivity contribution in [3.63, 3.8) is 0 Å². The fourth-order valence-corrected chi connectivity index (χ4v) is 3.47. The molecule has 2 aromatic carbocycles. The van der Waals surface area contributed by atoms with Crippen molar-refractivity contribution in [3.8, 4) is 5.69 Å². The smallest absolute Gasteiger partial charge is 0.196 e. The molecule has 0 aliphatic rings. The zero-order chi connectivity index (χ0) is 15.5. The number of benzene rings is 2. The van der Waals surface area contributed by atoms with E-state index in [1.165, 1.54) is 11.1 Å². The van der Waals surface area contributed by atoms with E-state index in [-0.39, 0.29) is 0 Å². The second-order valence-electron chi connectivity index (χ2n) is 5.07. The lowest BCUT2D eigenvalue weighted by Gasteiger charge is -2.11. The quantitative estimate of drug-likeness (QED) is 0.606. The van der Waals surface area contributed by atoms with Crippen LogP contribution < -0.4 is 0 Å². The van der Waals surface area contributed by atoms with E-state index in [1.54, 1.807) is 11.8 Å². The minimum absolute atomic E-state index is 0.872. The average molecular weight is 374 g/mol. The second-order valence-corrected chi connectivity index (χ2v) is 6.93. The average Bonchev–Trinajstić information content (AvgIpc) is 2.88. The van der Waals surface area contributed by atoms with Gasteiger partial charge in [-0.3, -0.25) is 4.57 Å². The lowest BCUT2D eigenvalue weighted by atomic mass is 10.2. The molecule has 1 heterocycles. The summed E-state index contributed by atoms with van der Waals surface area (Å²) in [7, 11) is 0. The zero-order valence-corrected chi connectivity index (χ0v) is 14.9. The lowest BCUT2D eigenvalue weighted by Crippen LogP contribution is -2.01. The van der Waals surface area contributed by atoms with Gasteiger partial charge in [0.1, 0.15) is 5.82 Å². The fraction of sp³-hybridized carbons (Fsp3) is 0.176. The van der Waals surface area contributed by atoms with Gasteiger partial charge in [0.05, 0.1) is 5.69 Å². The Balaban J connectivity index is 1.86. The van der Waals surface area contributed by atoms with Crippen LogP contribution in [0.5, 0.6) is 0 Å². The summed E-state index contributed by atoms with van der Waals surface area (Å²) in [5, 5.41) is 9.50. The predicted octanol–water partition coefficient (Wildman–Crippen LogP) is 4.94. The van der Waals surface area contributed by atoms with Gasteiger partial charge >= 0.3 is 0 Å². The number of nitrogens with zero attached hydrogens (tertiary/aromatic N) is 3. The summed E-state index contributed by atoms with van der Waals surface area (Å²) in [5.41, 5.74) is 3.63. The summed E-state index contributed by atoms with van der Waals surface area (Å²) in [4.78, 5) is 0. The van der Waals surface area contributed by atoms with Gasteiger partial charge in [0.2, 0.25) is 0 Å². The predicted molar refractivity (Wildman–Crippen MR) is 94.5 cm³/mol. The van der Waals surface area contributed by atoms with Gasteiger partial charge in [-0.15, -0.1) is 10.2 Å². The first-order valence-electron chi connectivity index (χ1n) is 7.00. The molecule has 0 radical (unpaired) electrons. The van der Waals surface area contributed by atoms with Crippen molar-refractivity contribution >= 4 is 27.7 Å². The Bertz CT molecular complexity index is 781. The molecular weight excluding hydrogens is 358 g/mol. The van der Waals surface area contributed by atoms with Crippen LogP contribution in [0.1, 0.15) is 17.0 Å². The Kier molecular flexibility index (Phi) is 4.64. The molecule has 3 nitrogen and oxygen atoms in total. The Labute approximate surface area is 142 Å². The van der Waals surface area contributed by atoms with E-state index in [0.29, 0.717) is 0 Å². The Morgan fingerprint density at radius 2 is 1.73 bits per heavy atom. The van der Waals surface area contributed by atoms with Crippen molar-refractivity contribution in [1.82, 2.24) is 14.8 Å². The van der Waals surface area contributed by atoms with Crippen molar-refractivity contribution in [2.45, 2.75) is 24.8 Å². The standard InChI is InChI=1S/C17H16BrN3S/c1-12-5-3-4-6-16(12)21-13(2)19-20-17(21)22-11-14-7-9-15(18)10-8-14/h3-10H,11H2,1-2H3. The molecular formula is C17H16BrN3S. The van der Waals surface area contributed by atoms with Gasteiger partial charge in [-0.1, -0.05) is 58.0 Å². The number of para-hydroxylation sites is 1. The van der Waals surface area contributed by atoms with Crippen LogP contribution in [0.3, 0.4) is 0 Å². The third-order valence-electron chi connectivity index (χ3n) is 3.43. The van der Waals surface area contributed by atoms with Gasteiger partial charge in [0, 0.05) is 10.2 Å². The Morgan fingerprint density at radius 3 is 2.45 bits per heavy atom. The summed E-state index contributed by atoms with van der Waals surface area (Å²) in [6.07, 6.45) is 0. The minimum Gasteiger partial charge on any atom is -0.274 e. The van der Waals surface area contributed by atoms with Gasteiger partial charge in [0.15, 0.2) is 5.16 Å². The van der Waals surface area contributed by atoms with Crippen molar-refractivity contribution in [2.75, 3.05) is 0 Å². The molecule has 1 aromatic heterocycles. The molecule has 112 valence electrons. The third kappa shape index (κ3) is 3.25. The molecule has 3 aromatic rings. The Hall–Kier alpha value is -1.59. The number of thioether (sulfide) groups is 1. The normalized spacial score (nSPS) is 10.9. The number of rotatable bonds is 4. The molecule has 0 atom stereocenters. The lowest BCUT2D eigenvalue weighted by molar-refractivity contribution is 0.862. The summed E-state index contributed by atoms with van der Waals surface area (Å²) >= 11 is 5.17. The fourth-order valence-electron chi connectivity index (χ4n) is 2.26. The maximum Gasteiger partial charge on any atom is 0.196 e. The highest BCUT2D eigenvalue weighted by atomic mass is 79.9. The molecule has 0 spiro atoms. The van der Waals surface area contributed by atoms with E-state index in [0.717, 1.165) is 26.9 Å². The highest BCUT2D eigenvalue weighted by molar-refractivity contribution is 9.10. The molecule has 0 aliphatic carbocycles. The van der Waals surface area contributed by atoms with E-state index in [9.17, 15) is 0 Å². The van der Waals surface area contributed by atoms with E-state index in [1.807, 2.05) is 19.1 Å². The second kappa shape index (κ2) is 6.67. The number of hydrogen-bond donors (Lipinski definition) is 0. The van der Waals surface area contributed by atoms with Crippen LogP contribution in [0.2, 0.25) is 0 Å². The van der Waals surface area contributed by atoms with Gasteiger partial charge in [0.25, 0.3) is 0 Å². The summed E-state index contributed by atoms with van der Waals surface area (Å²) in [6, 6.07) is 16.7. The minimum atomic E-state index is 0.872. The van der Waals surface area contributed by atoms with Crippen molar-refractivity contribution in [2.24, 2.45) is 0 Å². The molecule has 3 rings (SSSR count). The van der Waals surface area contributed by atoms with Gasteiger partial charge in [-0.2, -0.15) is 0 Å². The van der Waals surface area contributed by atoms with Crippen molar-refractivity contribution in [1.29, 1.82) is 0 Å². The largest absolute Gasteiger partial charge is 0.274 e. The summed E-state index contributed by atoms with van der Waals surface area (Å²) < 4.78 is 3.22. The van der Waals surface area contributed by atoms with Crippen LogP contribution in [-0.2, 0) is 5.75 Å². The van der Waals surface area contributed by atoms with Crippen LogP contribution in [-0.4, -0.2) is 14.8 Å². The molecule has 0 N–H and O–H groups in total. The molecule has 0 unspecified atom stereocenters. The number of aromatic nitrogens is 3. The van der Waals surface area contributed by atoms with E-state index >= 15 is 0 Å². The molecule has 0 aliphatic heterocycles. The third-order valence-corrected chi connectivity index (χ3v) is 4.96. The van der Waals surface area contributed by atoms with Gasteiger partial charge in [-0.05, 0) is 43.2 Å². The van der Waals surface area contributed by atoms with Crippen molar-refractivity contribution in [3.05, 3.63) is 70.0 Å². The van der Waals surface area contributed by atoms with Crippen LogP contribution in [0.15, 0.2) is 58.2 Å². The van der Waals surface area contributed by atoms with Gasteiger partial charge in [-0.25, -0.2) is 0 Å². The van der Waals surface area contributed by atoms with Crippen LogP contribution >= 0.6 is 27.7 Å². The van der Waals surface area contributed by atoms with E-state index < -0.39 is 0 Å². The van der Waals surface area contributed by atoms with Crippen molar-refractivity contribution < 1.29 is 0 Å². The summed E-state index contributed by atoms with van der Waals surface area (Å²) in [5.74, 6) is 1.78. The molecule has 5 heteroatoms. The van der Waals surface area contributed by atoms with E-state index in [4.69, 9.17) is 0 Å². The van der Waals surface area contributed by atoms with Crippen LogP contribution in [0.25, 0.3) is 5.69 Å². The monoisotopic (exact) mass is 373 g/mol. The summed E-state index contributed by atoms with van der Waals surface area (Å²) in [6.45, 7) is 4.10. The Morgan fingerprint density at radius 1 is 1.00 bits per heavy atom. The first-order valence-corrected chi connectivity index (χ1v) is 8.78. The van der Waals surface area contributed by atoms with E-state index in [2.05, 4.69) is 74.0 Å². The first kappa shape index (κ1) is 15.3. The van der Waals surface area contributed by atoms with Crippen LogP contribution in [0, 0.1) is 13.8 Å². The molecule has 0 saturated heterocycles. The number of hydrogen-bond acceptors (Lipinski definition) is 3. The van der Waals surface area contributed by atoms with Gasteiger partial charge < -0.3 is 0 Å². The maximum atomic E-state index is 4.33. The molecule has 0 fully saturated rings. The van der Waals surface area contributed by atoms with Crippen LogP contribution in [0.4, 0.5) is 0 Å². The highest BCUT2D eigenvalue weighted by Gasteiger charge is 2.12. The number of halogens is 1. The number of aryl methyl sites for hydroxylation is 2. The molecule has 0 bridgehead atoms. The highest BCUT2D eigenvalue weighted by Crippen LogP contribution is 2.26. The molecule has 22 heavy (non-hydrogen) atoms. The zero-order valence-electron chi connectivity index (χ0n) is 12.5. The molecule has 0 amide bonds. The topological polar surface area (TPSA) is 30.7 Å². The SMILES string of the molecule is Cc1ccccc1-n1c(C)nnc1SCc1ccc(Br)cc1. The maximum absolute atomic E-state index is 4.33.